The standard InChI is InChI=1S/C11H19NS/c1-4-5-9-6-7-10(13-9)8-11(2,3)12/h6-7H,4-5,8,12H2,1-3H3. The van der Waals surface area contributed by atoms with E-state index in [0.717, 1.165) is 6.42 Å². The fraction of sp³-hybridized carbons (Fsp3) is 0.636. The predicted octanol–water partition coefficient (Wildman–Crippen LogP) is 2.98. The Labute approximate surface area is 85.0 Å². The third-order valence-corrected chi connectivity index (χ3v) is 2.99. The lowest BCUT2D eigenvalue weighted by molar-refractivity contribution is 0.521. The van der Waals surface area contributed by atoms with Crippen LogP contribution in [0, 0.1) is 0 Å². The molecule has 0 aromatic carbocycles. The van der Waals surface area contributed by atoms with Gasteiger partial charge in [0.15, 0.2) is 0 Å². The van der Waals surface area contributed by atoms with Gasteiger partial charge in [0, 0.05) is 15.3 Å². The zero-order chi connectivity index (χ0) is 9.90. The van der Waals surface area contributed by atoms with Crippen LogP contribution in [0.5, 0.6) is 0 Å². The summed E-state index contributed by atoms with van der Waals surface area (Å²) in [5, 5.41) is 0. The molecule has 0 amide bonds. The number of hydrogen-bond donors (Lipinski definition) is 1. The molecule has 0 aliphatic carbocycles. The van der Waals surface area contributed by atoms with Crippen molar-refractivity contribution in [3.05, 3.63) is 21.9 Å². The molecule has 1 rings (SSSR count). The van der Waals surface area contributed by atoms with E-state index in [1.165, 1.54) is 22.6 Å². The lowest BCUT2D eigenvalue weighted by atomic mass is 10.0. The Morgan fingerprint density at radius 2 is 1.92 bits per heavy atom. The lowest BCUT2D eigenvalue weighted by Crippen LogP contribution is -2.33. The van der Waals surface area contributed by atoms with Crippen LogP contribution in [0.15, 0.2) is 12.1 Å². The molecule has 0 spiro atoms. The number of aryl methyl sites for hydroxylation is 1. The van der Waals surface area contributed by atoms with Crippen LogP contribution in [0.4, 0.5) is 0 Å². The molecule has 0 aliphatic rings. The summed E-state index contributed by atoms with van der Waals surface area (Å²) in [7, 11) is 0. The fourth-order valence-corrected chi connectivity index (χ4v) is 2.71. The van der Waals surface area contributed by atoms with Gasteiger partial charge in [-0.25, -0.2) is 0 Å². The van der Waals surface area contributed by atoms with Gasteiger partial charge in [0.05, 0.1) is 0 Å². The quantitative estimate of drug-likeness (QED) is 0.789. The molecule has 2 heteroatoms. The zero-order valence-corrected chi connectivity index (χ0v) is 9.58. The van der Waals surface area contributed by atoms with Gasteiger partial charge in [0.25, 0.3) is 0 Å². The van der Waals surface area contributed by atoms with E-state index in [1.807, 2.05) is 11.3 Å². The van der Waals surface area contributed by atoms with Crippen molar-refractivity contribution in [2.24, 2.45) is 5.73 Å². The van der Waals surface area contributed by atoms with Crippen LogP contribution in [0.2, 0.25) is 0 Å². The molecule has 1 aromatic heterocycles. The average Bonchev–Trinajstić information content (AvgIpc) is 2.33. The zero-order valence-electron chi connectivity index (χ0n) is 8.76. The first-order valence-electron chi connectivity index (χ1n) is 4.88. The monoisotopic (exact) mass is 197 g/mol. The van der Waals surface area contributed by atoms with Crippen LogP contribution in [0.25, 0.3) is 0 Å². The van der Waals surface area contributed by atoms with E-state index in [9.17, 15) is 0 Å². The summed E-state index contributed by atoms with van der Waals surface area (Å²) in [5.41, 5.74) is 5.88. The molecule has 0 radical (unpaired) electrons. The van der Waals surface area contributed by atoms with Crippen LogP contribution >= 0.6 is 11.3 Å². The minimum Gasteiger partial charge on any atom is -0.325 e. The minimum atomic E-state index is -0.0751. The molecule has 1 nitrogen and oxygen atoms in total. The highest BCUT2D eigenvalue weighted by atomic mass is 32.1. The van der Waals surface area contributed by atoms with Crippen molar-refractivity contribution >= 4 is 11.3 Å². The summed E-state index contributed by atoms with van der Waals surface area (Å²) >= 11 is 1.90. The molecule has 0 unspecified atom stereocenters. The summed E-state index contributed by atoms with van der Waals surface area (Å²) in [4.78, 5) is 2.90. The Bertz CT molecular complexity index is 257. The van der Waals surface area contributed by atoms with Gasteiger partial charge >= 0.3 is 0 Å². The molecule has 1 heterocycles. The van der Waals surface area contributed by atoms with E-state index in [0.29, 0.717) is 0 Å². The molecule has 2 N–H and O–H groups in total. The van der Waals surface area contributed by atoms with Gasteiger partial charge in [-0.2, -0.15) is 0 Å². The average molecular weight is 197 g/mol. The van der Waals surface area contributed by atoms with E-state index in [2.05, 4.69) is 32.9 Å². The van der Waals surface area contributed by atoms with E-state index in [4.69, 9.17) is 5.73 Å². The van der Waals surface area contributed by atoms with Gasteiger partial charge in [0.1, 0.15) is 0 Å². The van der Waals surface area contributed by atoms with Crippen LogP contribution < -0.4 is 5.73 Å². The minimum absolute atomic E-state index is 0.0751. The molecule has 0 bridgehead atoms. The van der Waals surface area contributed by atoms with Gasteiger partial charge in [-0.05, 0) is 38.8 Å². The van der Waals surface area contributed by atoms with E-state index in [1.54, 1.807) is 0 Å². The van der Waals surface area contributed by atoms with Crippen LogP contribution in [0.1, 0.15) is 36.9 Å². The SMILES string of the molecule is CCCc1ccc(CC(C)(C)N)s1. The van der Waals surface area contributed by atoms with Crippen molar-refractivity contribution in [1.82, 2.24) is 0 Å². The topological polar surface area (TPSA) is 26.0 Å². The second-order valence-corrected chi connectivity index (χ2v) is 5.54. The molecule has 0 aliphatic heterocycles. The molecular weight excluding hydrogens is 178 g/mol. The maximum absolute atomic E-state index is 5.96. The second kappa shape index (κ2) is 4.25. The molecule has 1 aromatic rings. The van der Waals surface area contributed by atoms with Crippen molar-refractivity contribution in [2.75, 3.05) is 0 Å². The molecule has 0 fully saturated rings. The van der Waals surface area contributed by atoms with E-state index < -0.39 is 0 Å². The van der Waals surface area contributed by atoms with Crippen molar-refractivity contribution in [1.29, 1.82) is 0 Å². The van der Waals surface area contributed by atoms with Gasteiger partial charge in [-0.15, -0.1) is 11.3 Å². The maximum atomic E-state index is 5.96. The first-order chi connectivity index (χ1) is 6.01. The smallest absolute Gasteiger partial charge is 0.0145 e. The summed E-state index contributed by atoms with van der Waals surface area (Å²) in [6.45, 7) is 6.37. The third-order valence-electron chi connectivity index (χ3n) is 1.84. The molecule has 0 atom stereocenters. The highest BCUT2D eigenvalue weighted by molar-refractivity contribution is 7.12. The summed E-state index contributed by atoms with van der Waals surface area (Å²) in [6.07, 6.45) is 3.42. The Kier molecular flexibility index (Phi) is 3.51. The Morgan fingerprint density at radius 1 is 1.31 bits per heavy atom. The van der Waals surface area contributed by atoms with Crippen molar-refractivity contribution in [3.63, 3.8) is 0 Å². The molecule has 13 heavy (non-hydrogen) atoms. The van der Waals surface area contributed by atoms with Gasteiger partial charge in [0.2, 0.25) is 0 Å². The summed E-state index contributed by atoms with van der Waals surface area (Å²) in [6, 6.07) is 4.44. The third kappa shape index (κ3) is 3.92. The number of hydrogen-bond acceptors (Lipinski definition) is 2. The highest BCUT2D eigenvalue weighted by Crippen LogP contribution is 2.21. The predicted molar refractivity (Wildman–Crippen MR) is 60.3 cm³/mol. The number of nitrogens with two attached hydrogens (primary N) is 1. The number of thiophene rings is 1. The first kappa shape index (κ1) is 10.7. The van der Waals surface area contributed by atoms with E-state index >= 15 is 0 Å². The largest absolute Gasteiger partial charge is 0.325 e. The summed E-state index contributed by atoms with van der Waals surface area (Å²) < 4.78 is 0. The highest BCUT2D eigenvalue weighted by Gasteiger charge is 2.12. The van der Waals surface area contributed by atoms with Gasteiger partial charge in [-0.1, -0.05) is 13.3 Å². The van der Waals surface area contributed by atoms with E-state index in [-0.39, 0.29) is 5.54 Å². The van der Waals surface area contributed by atoms with Crippen molar-refractivity contribution < 1.29 is 0 Å². The Balaban J connectivity index is 2.59. The van der Waals surface area contributed by atoms with Crippen LogP contribution in [-0.4, -0.2) is 5.54 Å². The Hall–Kier alpha value is -0.340. The first-order valence-corrected chi connectivity index (χ1v) is 5.69. The summed E-state index contributed by atoms with van der Waals surface area (Å²) in [5.74, 6) is 0. The van der Waals surface area contributed by atoms with Crippen LogP contribution in [-0.2, 0) is 12.8 Å². The maximum Gasteiger partial charge on any atom is 0.0145 e. The molecule has 0 saturated heterocycles. The van der Waals surface area contributed by atoms with Gasteiger partial charge in [-0.3, -0.25) is 0 Å². The lowest BCUT2D eigenvalue weighted by Gasteiger charge is -2.16. The van der Waals surface area contributed by atoms with Crippen LogP contribution in [0.3, 0.4) is 0 Å². The van der Waals surface area contributed by atoms with Gasteiger partial charge < -0.3 is 5.73 Å². The number of rotatable bonds is 4. The molecule has 74 valence electrons. The molecule has 0 saturated carbocycles. The second-order valence-electron chi connectivity index (χ2n) is 4.28. The van der Waals surface area contributed by atoms with Crippen molar-refractivity contribution in [3.8, 4) is 0 Å². The van der Waals surface area contributed by atoms with Crippen molar-refractivity contribution in [2.45, 2.75) is 45.6 Å². The normalized spacial score (nSPS) is 12.0. The Morgan fingerprint density at radius 3 is 2.46 bits per heavy atom. The molecular formula is C11H19NS. The fourth-order valence-electron chi connectivity index (χ4n) is 1.35.